The van der Waals surface area contributed by atoms with E-state index in [9.17, 15) is 0 Å². The second-order valence-corrected chi connectivity index (χ2v) is 5.13. The minimum absolute atomic E-state index is 0.822. The van der Waals surface area contributed by atoms with E-state index in [1.165, 1.54) is 23.3 Å². The zero-order valence-electron chi connectivity index (χ0n) is 9.83. The van der Waals surface area contributed by atoms with E-state index in [4.69, 9.17) is 0 Å². The smallest absolute Gasteiger partial charge is 0.0206 e. The van der Waals surface area contributed by atoms with Gasteiger partial charge >= 0.3 is 0 Å². The van der Waals surface area contributed by atoms with Gasteiger partial charge in [0.05, 0.1) is 0 Å². The van der Waals surface area contributed by atoms with E-state index in [0.29, 0.717) is 0 Å². The Balaban J connectivity index is 1.60. The molecular weight excluding hydrogens is 216 g/mol. The molecule has 0 spiro atoms. The highest BCUT2D eigenvalue weighted by Crippen LogP contribution is 2.17. The predicted molar refractivity (Wildman–Crippen MR) is 71.0 cm³/mol. The lowest BCUT2D eigenvalue weighted by Gasteiger charge is -2.06. The summed E-state index contributed by atoms with van der Waals surface area (Å²) in [7, 11) is 0. The van der Waals surface area contributed by atoms with Crippen LogP contribution in [0.15, 0.2) is 29.2 Å². The van der Waals surface area contributed by atoms with Crippen molar-refractivity contribution in [3.05, 3.63) is 29.8 Å². The first kappa shape index (κ1) is 12.0. The lowest BCUT2D eigenvalue weighted by Crippen LogP contribution is -2.28. The van der Waals surface area contributed by atoms with Crippen molar-refractivity contribution >= 4 is 11.8 Å². The quantitative estimate of drug-likeness (QED) is 0.561. The largest absolute Gasteiger partial charge is 0.313 e. The van der Waals surface area contributed by atoms with Crippen molar-refractivity contribution in [2.45, 2.75) is 30.3 Å². The third-order valence-corrected chi connectivity index (χ3v) is 3.54. The third kappa shape index (κ3) is 4.16. The van der Waals surface area contributed by atoms with Gasteiger partial charge in [0.15, 0.2) is 0 Å². The molecule has 0 amide bonds. The Morgan fingerprint density at radius 3 is 2.56 bits per heavy atom. The molecule has 0 bridgehead atoms. The van der Waals surface area contributed by atoms with Crippen LogP contribution < -0.4 is 10.6 Å². The first-order chi connectivity index (χ1) is 7.88. The van der Waals surface area contributed by atoms with Gasteiger partial charge in [0.25, 0.3) is 0 Å². The molecule has 0 radical (unpaired) electrons. The van der Waals surface area contributed by atoms with Crippen LogP contribution in [-0.4, -0.2) is 25.4 Å². The van der Waals surface area contributed by atoms with Crippen LogP contribution in [0.2, 0.25) is 0 Å². The zero-order valence-corrected chi connectivity index (χ0v) is 10.6. The molecule has 1 saturated carbocycles. The first-order valence-electron chi connectivity index (χ1n) is 5.95. The van der Waals surface area contributed by atoms with Gasteiger partial charge in [-0.1, -0.05) is 12.1 Å². The molecule has 0 saturated heterocycles. The molecule has 0 atom stereocenters. The van der Waals surface area contributed by atoms with E-state index in [1.807, 2.05) is 0 Å². The maximum atomic E-state index is 3.50. The standard InChI is InChI=1S/C13H20N2S/c1-16-13-6-2-11(3-7-13)10-14-8-9-15-12-4-5-12/h2-3,6-7,12,14-15H,4-5,8-10H2,1H3. The fraction of sp³-hybridized carbons (Fsp3) is 0.538. The Bertz CT molecular complexity index is 306. The van der Waals surface area contributed by atoms with Crippen LogP contribution in [0.4, 0.5) is 0 Å². The van der Waals surface area contributed by atoms with Crippen molar-refractivity contribution in [2.24, 2.45) is 0 Å². The van der Waals surface area contributed by atoms with Gasteiger partial charge in [-0.05, 0) is 36.8 Å². The fourth-order valence-corrected chi connectivity index (χ4v) is 2.04. The maximum absolute atomic E-state index is 3.50. The predicted octanol–water partition coefficient (Wildman–Crippen LogP) is 2.25. The molecule has 0 aliphatic heterocycles. The van der Waals surface area contributed by atoms with Gasteiger partial charge in [-0.25, -0.2) is 0 Å². The molecular formula is C13H20N2S. The van der Waals surface area contributed by atoms with Crippen LogP contribution in [-0.2, 0) is 6.54 Å². The molecule has 16 heavy (non-hydrogen) atoms. The van der Waals surface area contributed by atoms with Gasteiger partial charge in [0.1, 0.15) is 0 Å². The zero-order chi connectivity index (χ0) is 11.2. The molecule has 1 fully saturated rings. The summed E-state index contributed by atoms with van der Waals surface area (Å²) in [6.45, 7) is 3.12. The second-order valence-electron chi connectivity index (χ2n) is 4.25. The van der Waals surface area contributed by atoms with Gasteiger partial charge in [-0.3, -0.25) is 0 Å². The van der Waals surface area contributed by atoms with Crippen molar-refractivity contribution in [1.29, 1.82) is 0 Å². The van der Waals surface area contributed by atoms with Crippen LogP contribution in [0.1, 0.15) is 18.4 Å². The van der Waals surface area contributed by atoms with E-state index < -0.39 is 0 Å². The number of nitrogens with one attached hydrogen (secondary N) is 2. The Kier molecular flexibility index (Phi) is 4.69. The van der Waals surface area contributed by atoms with Gasteiger partial charge in [-0.2, -0.15) is 0 Å². The molecule has 88 valence electrons. The average molecular weight is 236 g/mol. The lowest BCUT2D eigenvalue weighted by molar-refractivity contribution is 0.608. The van der Waals surface area contributed by atoms with Gasteiger partial charge in [0.2, 0.25) is 0 Å². The van der Waals surface area contributed by atoms with E-state index >= 15 is 0 Å². The lowest BCUT2D eigenvalue weighted by atomic mass is 10.2. The summed E-state index contributed by atoms with van der Waals surface area (Å²) >= 11 is 1.79. The van der Waals surface area contributed by atoms with Crippen molar-refractivity contribution in [1.82, 2.24) is 10.6 Å². The number of hydrogen-bond acceptors (Lipinski definition) is 3. The van der Waals surface area contributed by atoms with Crippen LogP contribution in [0.25, 0.3) is 0 Å². The van der Waals surface area contributed by atoms with E-state index in [2.05, 4.69) is 41.2 Å². The van der Waals surface area contributed by atoms with Crippen LogP contribution >= 0.6 is 11.8 Å². The topological polar surface area (TPSA) is 24.1 Å². The highest BCUT2D eigenvalue weighted by Gasteiger charge is 2.19. The fourth-order valence-electron chi connectivity index (χ4n) is 1.63. The molecule has 0 unspecified atom stereocenters. The van der Waals surface area contributed by atoms with Crippen molar-refractivity contribution in [2.75, 3.05) is 19.3 Å². The van der Waals surface area contributed by atoms with Crippen LogP contribution in [0.5, 0.6) is 0 Å². The molecule has 0 aromatic heterocycles. The molecule has 2 N–H and O–H groups in total. The average Bonchev–Trinajstić information content (AvgIpc) is 3.13. The third-order valence-electron chi connectivity index (χ3n) is 2.80. The van der Waals surface area contributed by atoms with Crippen LogP contribution in [0.3, 0.4) is 0 Å². The van der Waals surface area contributed by atoms with Crippen molar-refractivity contribution in [3.63, 3.8) is 0 Å². The molecule has 1 aromatic rings. The molecule has 3 heteroatoms. The number of thioether (sulfide) groups is 1. The maximum Gasteiger partial charge on any atom is 0.0206 e. The highest BCUT2D eigenvalue weighted by atomic mass is 32.2. The molecule has 2 nitrogen and oxygen atoms in total. The summed E-state index contributed by atoms with van der Waals surface area (Å²) in [5.74, 6) is 0. The Hall–Kier alpha value is -0.510. The van der Waals surface area contributed by atoms with E-state index in [-0.39, 0.29) is 0 Å². The molecule has 1 aromatic carbocycles. The molecule has 1 aliphatic carbocycles. The van der Waals surface area contributed by atoms with Gasteiger partial charge in [0, 0.05) is 30.6 Å². The summed E-state index contributed by atoms with van der Waals surface area (Å²) in [5.41, 5.74) is 1.37. The van der Waals surface area contributed by atoms with Gasteiger partial charge < -0.3 is 10.6 Å². The van der Waals surface area contributed by atoms with E-state index in [1.54, 1.807) is 11.8 Å². The summed E-state index contributed by atoms with van der Waals surface area (Å²) in [4.78, 5) is 1.33. The molecule has 1 aliphatic rings. The van der Waals surface area contributed by atoms with Crippen LogP contribution in [0, 0.1) is 0 Å². The minimum Gasteiger partial charge on any atom is -0.313 e. The first-order valence-corrected chi connectivity index (χ1v) is 7.18. The summed E-state index contributed by atoms with van der Waals surface area (Å²) < 4.78 is 0. The van der Waals surface area contributed by atoms with Crippen molar-refractivity contribution < 1.29 is 0 Å². The second kappa shape index (κ2) is 6.28. The highest BCUT2D eigenvalue weighted by molar-refractivity contribution is 7.98. The monoisotopic (exact) mass is 236 g/mol. The Morgan fingerprint density at radius 1 is 1.19 bits per heavy atom. The summed E-state index contributed by atoms with van der Waals surface area (Å²) in [6, 6.07) is 9.59. The summed E-state index contributed by atoms with van der Waals surface area (Å²) in [5, 5.41) is 6.95. The number of rotatable bonds is 7. The Morgan fingerprint density at radius 2 is 1.94 bits per heavy atom. The summed E-state index contributed by atoms with van der Waals surface area (Å²) in [6.07, 6.45) is 4.85. The minimum atomic E-state index is 0.822. The van der Waals surface area contributed by atoms with E-state index in [0.717, 1.165) is 25.7 Å². The Labute approximate surface area is 102 Å². The normalized spacial score (nSPS) is 15.3. The molecule has 0 heterocycles. The number of benzene rings is 1. The SMILES string of the molecule is CSc1ccc(CNCCNC2CC2)cc1. The molecule has 2 rings (SSSR count). The van der Waals surface area contributed by atoms with Gasteiger partial charge in [-0.15, -0.1) is 11.8 Å². The van der Waals surface area contributed by atoms with Crippen molar-refractivity contribution in [3.8, 4) is 0 Å². The number of hydrogen-bond donors (Lipinski definition) is 2.